The van der Waals surface area contributed by atoms with Gasteiger partial charge in [0.2, 0.25) is 0 Å². The van der Waals surface area contributed by atoms with Crippen molar-refractivity contribution in [2.24, 2.45) is 5.41 Å². The number of likely N-dealkylation sites (tertiary alicyclic amines) is 1. The quantitative estimate of drug-likeness (QED) is 0.842. The molecule has 1 aromatic carbocycles. The second-order valence-electron chi connectivity index (χ2n) is 7.86. The number of aliphatic hydroxyl groups excluding tert-OH is 1. The highest BCUT2D eigenvalue weighted by molar-refractivity contribution is 6.34. The van der Waals surface area contributed by atoms with E-state index in [1.807, 2.05) is 12.1 Å². The topological polar surface area (TPSA) is 52.5 Å². The van der Waals surface area contributed by atoms with E-state index in [9.17, 15) is 5.11 Å². The van der Waals surface area contributed by atoms with Crippen LogP contribution >= 0.6 is 23.2 Å². The summed E-state index contributed by atoms with van der Waals surface area (Å²) in [4.78, 5) is 13.2. The molecule has 1 spiro atoms. The molecular weight excluding hydrogens is 383 g/mol. The predicted octanol–water partition coefficient (Wildman–Crippen LogP) is 3.64. The van der Waals surface area contributed by atoms with Gasteiger partial charge in [0.05, 0.1) is 12.3 Å². The summed E-state index contributed by atoms with van der Waals surface area (Å²) in [7, 11) is 0. The van der Waals surface area contributed by atoms with E-state index in [1.165, 1.54) is 0 Å². The van der Waals surface area contributed by atoms with Crippen molar-refractivity contribution in [3.63, 3.8) is 0 Å². The standard InChI is InChI=1S/C20H24Cl2N4O/c21-16-7-15(8-17(22)9-16)12-25-5-1-20(2-6-25)10-18(27)13-26(14-20)19-11-23-3-4-24-19/h3-4,7-9,11,18,27H,1-2,5-6,10,12-14H2. The summed E-state index contributed by atoms with van der Waals surface area (Å²) >= 11 is 12.3. The highest BCUT2D eigenvalue weighted by atomic mass is 35.5. The van der Waals surface area contributed by atoms with Gasteiger partial charge in [-0.05, 0) is 61.5 Å². The number of piperidine rings is 2. The van der Waals surface area contributed by atoms with Gasteiger partial charge in [-0.25, -0.2) is 4.98 Å². The number of anilines is 1. The van der Waals surface area contributed by atoms with Crippen LogP contribution in [0.4, 0.5) is 5.82 Å². The van der Waals surface area contributed by atoms with Crippen molar-refractivity contribution in [2.45, 2.75) is 31.9 Å². The molecule has 2 fully saturated rings. The minimum Gasteiger partial charge on any atom is -0.391 e. The average molecular weight is 407 g/mol. The first-order valence-corrected chi connectivity index (χ1v) is 10.1. The van der Waals surface area contributed by atoms with E-state index >= 15 is 0 Å². The molecule has 1 atom stereocenters. The van der Waals surface area contributed by atoms with Gasteiger partial charge < -0.3 is 10.0 Å². The van der Waals surface area contributed by atoms with Crippen molar-refractivity contribution in [1.82, 2.24) is 14.9 Å². The summed E-state index contributed by atoms with van der Waals surface area (Å²) in [6.07, 6.45) is 7.84. The van der Waals surface area contributed by atoms with Crippen LogP contribution in [0.3, 0.4) is 0 Å². The van der Waals surface area contributed by atoms with Crippen molar-refractivity contribution in [2.75, 3.05) is 31.1 Å². The Balaban J connectivity index is 1.41. The Morgan fingerprint density at radius 1 is 1.11 bits per heavy atom. The Morgan fingerprint density at radius 3 is 2.52 bits per heavy atom. The van der Waals surface area contributed by atoms with Crippen LogP contribution in [0, 0.1) is 5.41 Å². The lowest BCUT2D eigenvalue weighted by molar-refractivity contribution is 0.0244. The molecule has 1 aromatic heterocycles. The lowest BCUT2D eigenvalue weighted by atomic mass is 9.71. The third kappa shape index (κ3) is 4.54. The summed E-state index contributed by atoms with van der Waals surface area (Å²) in [6.45, 7) is 4.42. The van der Waals surface area contributed by atoms with Crippen LogP contribution < -0.4 is 4.90 Å². The highest BCUT2D eigenvalue weighted by Gasteiger charge is 2.41. The third-order valence-electron chi connectivity index (χ3n) is 5.74. The normalized spacial score (nSPS) is 22.9. The van der Waals surface area contributed by atoms with Gasteiger partial charge in [0.1, 0.15) is 5.82 Å². The summed E-state index contributed by atoms with van der Waals surface area (Å²) in [5.74, 6) is 0.853. The largest absolute Gasteiger partial charge is 0.391 e. The third-order valence-corrected chi connectivity index (χ3v) is 6.18. The molecule has 2 saturated heterocycles. The Bertz CT molecular complexity index is 761. The van der Waals surface area contributed by atoms with E-state index < -0.39 is 0 Å². The molecule has 0 aliphatic carbocycles. The Kier molecular flexibility index (Phi) is 5.55. The van der Waals surface area contributed by atoms with Crippen LogP contribution in [0.25, 0.3) is 0 Å². The summed E-state index contributed by atoms with van der Waals surface area (Å²) in [6, 6.07) is 5.73. The summed E-state index contributed by atoms with van der Waals surface area (Å²) in [5, 5.41) is 11.9. The maximum Gasteiger partial charge on any atom is 0.147 e. The van der Waals surface area contributed by atoms with Crippen LogP contribution in [0.2, 0.25) is 10.0 Å². The van der Waals surface area contributed by atoms with Gasteiger partial charge in [0.15, 0.2) is 0 Å². The molecule has 1 N–H and O–H groups in total. The molecule has 3 heterocycles. The lowest BCUT2D eigenvalue weighted by Crippen LogP contribution is -2.54. The number of rotatable bonds is 3. The average Bonchev–Trinajstić information content (AvgIpc) is 2.63. The van der Waals surface area contributed by atoms with Crippen molar-refractivity contribution < 1.29 is 5.11 Å². The SMILES string of the molecule is OC1CN(c2cnccn2)CC2(CCN(Cc3cc(Cl)cc(Cl)c3)CC2)C1. The van der Waals surface area contributed by atoms with Gasteiger partial charge in [-0.1, -0.05) is 23.2 Å². The maximum atomic E-state index is 10.5. The molecule has 4 rings (SSSR count). The minimum absolute atomic E-state index is 0.137. The fourth-order valence-corrected chi connectivity index (χ4v) is 5.06. The van der Waals surface area contributed by atoms with Crippen LogP contribution in [0.15, 0.2) is 36.8 Å². The first-order valence-electron chi connectivity index (χ1n) is 9.38. The molecule has 0 saturated carbocycles. The minimum atomic E-state index is -0.320. The number of benzene rings is 1. The Labute approximate surface area is 169 Å². The number of halogens is 2. The first kappa shape index (κ1) is 18.9. The van der Waals surface area contributed by atoms with Gasteiger partial charge >= 0.3 is 0 Å². The van der Waals surface area contributed by atoms with Crippen LogP contribution in [-0.2, 0) is 6.54 Å². The Hall–Kier alpha value is -1.40. The fraction of sp³-hybridized carbons (Fsp3) is 0.500. The smallest absolute Gasteiger partial charge is 0.147 e. The fourth-order valence-electron chi connectivity index (χ4n) is 4.49. The molecule has 7 heteroatoms. The van der Waals surface area contributed by atoms with Crippen LogP contribution in [-0.4, -0.2) is 52.3 Å². The van der Waals surface area contributed by atoms with Gasteiger partial charge in [0, 0.05) is 42.1 Å². The first-order chi connectivity index (χ1) is 13.0. The van der Waals surface area contributed by atoms with Gasteiger partial charge in [-0.15, -0.1) is 0 Å². The molecule has 5 nitrogen and oxygen atoms in total. The number of hydrogen-bond acceptors (Lipinski definition) is 5. The van der Waals surface area contributed by atoms with E-state index in [2.05, 4.69) is 19.8 Å². The van der Waals surface area contributed by atoms with Crippen molar-refractivity contribution >= 4 is 29.0 Å². The van der Waals surface area contributed by atoms with E-state index in [4.69, 9.17) is 23.2 Å². The van der Waals surface area contributed by atoms with Crippen LogP contribution in [0.5, 0.6) is 0 Å². The van der Waals surface area contributed by atoms with Crippen LogP contribution in [0.1, 0.15) is 24.8 Å². The molecular formula is C20H24Cl2N4O. The van der Waals surface area contributed by atoms with Crippen molar-refractivity contribution in [3.05, 3.63) is 52.4 Å². The van der Waals surface area contributed by atoms with E-state index in [1.54, 1.807) is 24.7 Å². The van der Waals surface area contributed by atoms with E-state index in [-0.39, 0.29) is 11.5 Å². The van der Waals surface area contributed by atoms with E-state index in [0.29, 0.717) is 16.6 Å². The molecule has 0 radical (unpaired) electrons. The number of aromatic nitrogens is 2. The predicted molar refractivity (Wildman–Crippen MR) is 108 cm³/mol. The molecule has 0 amide bonds. The molecule has 2 aliphatic rings. The molecule has 27 heavy (non-hydrogen) atoms. The highest BCUT2D eigenvalue weighted by Crippen LogP contribution is 2.41. The zero-order chi connectivity index (χ0) is 18.9. The van der Waals surface area contributed by atoms with Crippen molar-refractivity contribution in [3.8, 4) is 0 Å². The zero-order valence-corrected chi connectivity index (χ0v) is 16.7. The van der Waals surface area contributed by atoms with Gasteiger partial charge in [0.25, 0.3) is 0 Å². The number of hydrogen-bond donors (Lipinski definition) is 1. The molecule has 0 bridgehead atoms. The van der Waals surface area contributed by atoms with Gasteiger partial charge in [-0.3, -0.25) is 9.88 Å². The molecule has 1 unspecified atom stereocenters. The van der Waals surface area contributed by atoms with Gasteiger partial charge in [-0.2, -0.15) is 0 Å². The second-order valence-corrected chi connectivity index (χ2v) is 8.73. The molecule has 2 aliphatic heterocycles. The second kappa shape index (κ2) is 7.92. The number of β-amino-alcohol motifs (C(OH)–C–C–N with tert-alkyl or cyclic N) is 1. The maximum absolute atomic E-state index is 10.5. The molecule has 144 valence electrons. The zero-order valence-electron chi connectivity index (χ0n) is 15.2. The number of aliphatic hydroxyl groups is 1. The molecule has 2 aromatic rings. The Morgan fingerprint density at radius 2 is 1.85 bits per heavy atom. The summed E-state index contributed by atoms with van der Waals surface area (Å²) in [5.41, 5.74) is 1.28. The van der Waals surface area contributed by atoms with Crippen molar-refractivity contribution in [1.29, 1.82) is 0 Å². The summed E-state index contributed by atoms with van der Waals surface area (Å²) < 4.78 is 0. The number of nitrogens with zero attached hydrogens (tertiary/aromatic N) is 4. The lowest BCUT2D eigenvalue weighted by Gasteiger charge is -2.49. The monoisotopic (exact) mass is 406 g/mol. The van der Waals surface area contributed by atoms with E-state index in [0.717, 1.165) is 56.8 Å².